The zero-order valence-corrected chi connectivity index (χ0v) is 12.6. The molecule has 20 heavy (non-hydrogen) atoms. The van der Waals surface area contributed by atoms with E-state index in [4.69, 9.17) is 22.3 Å². The molecule has 0 atom stereocenters. The SMILES string of the molecule is ClSc1ccc(Nc2ccnc3cc(Cl)ccc23)cc1. The minimum atomic E-state index is 0.686. The van der Waals surface area contributed by atoms with Crippen LogP contribution in [0.3, 0.4) is 0 Å². The zero-order chi connectivity index (χ0) is 13.9. The zero-order valence-electron chi connectivity index (χ0n) is 10.3. The molecule has 0 fully saturated rings. The molecule has 0 saturated carbocycles. The van der Waals surface area contributed by atoms with Crippen molar-refractivity contribution in [2.45, 2.75) is 4.90 Å². The Balaban J connectivity index is 1.97. The third kappa shape index (κ3) is 2.85. The van der Waals surface area contributed by atoms with Crippen LogP contribution in [-0.2, 0) is 0 Å². The first-order chi connectivity index (χ1) is 9.76. The second-order valence-corrected chi connectivity index (χ2v) is 5.77. The summed E-state index contributed by atoms with van der Waals surface area (Å²) in [5.41, 5.74) is 2.87. The third-order valence-corrected chi connectivity index (χ3v) is 4.15. The van der Waals surface area contributed by atoms with Gasteiger partial charge in [0.2, 0.25) is 0 Å². The van der Waals surface area contributed by atoms with E-state index < -0.39 is 0 Å². The third-order valence-electron chi connectivity index (χ3n) is 2.93. The van der Waals surface area contributed by atoms with Gasteiger partial charge in [0, 0.05) is 32.9 Å². The first kappa shape index (κ1) is 13.6. The summed E-state index contributed by atoms with van der Waals surface area (Å²) in [5.74, 6) is 0. The molecule has 100 valence electrons. The Morgan fingerprint density at radius 3 is 2.55 bits per heavy atom. The van der Waals surface area contributed by atoms with Crippen LogP contribution < -0.4 is 5.32 Å². The first-order valence-electron chi connectivity index (χ1n) is 5.96. The number of nitrogens with zero attached hydrogens (tertiary/aromatic N) is 1. The van der Waals surface area contributed by atoms with E-state index in [1.807, 2.05) is 48.5 Å². The van der Waals surface area contributed by atoms with Crippen molar-refractivity contribution in [3.63, 3.8) is 0 Å². The standard InChI is InChI=1S/C15H10Cl2N2S/c16-10-1-6-13-14(7-8-18-15(13)9-10)19-11-2-4-12(20-17)5-3-11/h1-9H,(H,18,19). The normalized spacial score (nSPS) is 10.7. The largest absolute Gasteiger partial charge is 0.355 e. The number of nitrogens with one attached hydrogen (secondary N) is 1. The van der Waals surface area contributed by atoms with E-state index in [0.717, 1.165) is 27.2 Å². The predicted molar refractivity (Wildman–Crippen MR) is 88.2 cm³/mol. The second-order valence-electron chi connectivity index (χ2n) is 4.25. The van der Waals surface area contributed by atoms with Crippen LogP contribution in [0.1, 0.15) is 0 Å². The van der Waals surface area contributed by atoms with E-state index >= 15 is 0 Å². The second kappa shape index (κ2) is 5.92. The molecule has 0 aliphatic rings. The van der Waals surface area contributed by atoms with Crippen LogP contribution in [0.15, 0.2) is 59.6 Å². The van der Waals surface area contributed by atoms with Crippen LogP contribution in [0.2, 0.25) is 5.02 Å². The molecule has 0 radical (unpaired) electrons. The first-order valence-corrected chi connectivity index (χ1v) is 7.98. The molecule has 1 heterocycles. The highest BCUT2D eigenvalue weighted by Gasteiger charge is 2.03. The van der Waals surface area contributed by atoms with Gasteiger partial charge in [-0.2, -0.15) is 0 Å². The summed E-state index contributed by atoms with van der Waals surface area (Å²) < 4.78 is 0. The Kier molecular flexibility index (Phi) is 4.01. The topological polar surface area (TPSA) is 24.9 Å². The highest BCUT2D eigenvalue weighted by atomic mass is 35.7. The number of fused-ring (bicyclic) bond motifs is 1. The summed E-state index contributed by atoms with van der Waals surface area (Å²) in [5, 5.41) is 5.10. The molecule has 0 spiro atoms. The average Bonchev–Trinajstić information content (AvgIpc) is 2.48. The van der Waals surface area contributed by atoms with Crippen molar-refractivity contribution < 1.29 is 0 Å². The van der Waals surface area contributed by atoms with Gasteiger partial charge in [0.25, 0.3) is 0 Å². The van der Waals surface area contributed by atoms with E-state index in [2.05, 4.69) is 10.3 Å². The Morgan fingerprint density at radius 2 is 1.80 bits per heavy atom. The lowest BCUT2D eigenvalue weighted by atomic mass is 10.2. The molecule has 0 aliphatic heterocycles. The number of pyridine rings is 1. The summed E-state index contributed by atoms with van der Waals surface area (Å²) in [7, 11) is 6.92. The highest BCUT2D eigenvalue weighted by molar-refractivity contribution is 8.21. The van der Waals surface area contributed by atoms with Gasteiger partial charge in [0.1, 0.15) is 0 Å². The molecular weight excluding hydrogens is 311 g/mol. The van der Waals surface area contributed by atoms with Crippen molar-refractivity contribution in [2.75, 3.05) is 5.32 Å². The molecule has 0 amide bonds. The molecule has 1 aromatic heterocycles. The van der Waals surface area contributed by atoms with Crippen molar-refractivity contribution in [1.29, 1.82) is 0 Å². The number of benzene rings is 2. The fraction of sp³-hybridized carbons (Fsp3) is 0. The number of hydrogen-bond acceptors (Lipinski definition) is 3. The van der Waals surface area contributed by atoms with Gasteiger partial charge in [-0.15, -0.1) is 0 Å². The fourth-order valence-corrected chi connectivity index (χ4v) is 2.69. The Labute approximate surface area is 130 Å². The quantitative estimate of drug-likeness (QED) is 0.652. The minimum Gasteiger partial charge on any atom is -0.355 e. The van der Waals surface area contributed by atoms with Gasteiger partial charge in [-0.05, 0) is 70.2 Å². The van der Waals surface area contributed by atoms with Crippen molar-refractivity contribution >= 4 is 55.5 Å². The van der Waals surface area contributed by atoms with Gasteiger partial charge in [0.05, 0.1) is 5.52 Å². The van der Waals surface area contributed by atoms with Crippen LogP contribution in [0.5, 0.6) is 0 Å². The van der Waals surface area contributed by atoms with E-state index in [-0.39, 0.29) is 0 Å². The summed E-state index contributed by atoms with van der Waals surface area (Å²) in [4.78, 5) is 5.34. The predicted octanol–water partition coefficient (Wildman–Crippen LogP) is 5.88. The summed E-state index contributed by atoms with van der Waals surface area (Å²) in [6, 6.07) is 15.6. The lowest BCUT2D eigenvalue weighted by Crippen LogP contribution is -1.92. The molecule has 0 saturated heterocycles. The monoisotopic (exact) mass is 320 g/mol. The maximum Gasteiger partial charge on any atom is 0.0737 e. The number of anilines is 2. The molecule has 0 bridgehead atoms. The van der Waals surface area contributed by atoms with Gasteiger partial charge in [-0.3, -0.25) is 4.98 Å². The Morgan fingerprint density at radius 1 is 1.00 bits per heavy atom. The van der Waals surface area contributed by atoms with Crippen molar-refractivity contribution in [2.24, 2.45) is 0 Å². The van der Waals surface area contributed by atoms with Gasteiger partial charge >= 0.3 is 0 Å². The van der Waals surface area contributed by atoms with E-state index in [0.29, 0.717) is 5.02 Å². The Hall–Kier alpha value is -1.42. The number of halogens is 2. The maximum absolute atomic E-state index is 5.99. The lowest BCUT2D eigenvalue weighted by molar-refractivity contribution is 1.40. The number of rotatable bonds is 3. The van der Waals surface area contributed by atoms with Crippen LogP contribution in [0.4, 0.5) is 11.4 Å². The number of hydrogen-bond donors (Lipinski definition) is 1. The molecule has 2 nitrogen and oxygen atoms in total. The van der Waals surface area contributed by atoms with E-state index in [1.54, 1.807) is 6.20 Å². The molecular formula is C15H10Cl2N2S. The van der Waals surface area contributed by atoms with Gasteiger partial charge in [-0.25, -0.2) is 0 Å². The van der Waals surface area contributed by atoms with Crippen molar-refractivity contribution in [1.82, 2.24) is 4.98 Å². The number of aromatic nitrogens is 1. The fourth-order valence-electron chi connectivity index (χ4n) is 1.98. The summed E-state index contributed by atoms with van der Waals surface area (Å²) >= 11 is 5.99. The average molecular weight is 321 g/mol. The van der Waals surface area contributed by atoms with Crippen LogP contribution in [-0.4, -0.2) is 4.98 Å². The van der Waals surface area contributed by atoms with Crippen LogP contribution >= 0.6 is 33.3 Å². The molecule has 3 aromatic rings. The van der Waals surface area contributed by atoms with Crippen LogP contribution in [0, 0.1) is 0 Å². The molecule has 1 N–H and O–H groups in total. The molecule has 2 aromatic carbocycles. The lowest BCUT2D eigenvalue weighted by Gasteiger charge is -2.10. The maximum atomic E-state index is 5.99. The van der Waals surface area contributed by atoms with Gasteiger partial charge in [0.15, 0.2) is 0 Å². The van der Waals surface area contributed by atoms with E-state index in [1.165, 1.54) is 11.0 Å². The molecule has 5 heteroatoms. The summed E-state index contributed by atoms with van der Waals surface area (Å²) in [6.45, 7) is 0. The smallest absolute Gasteiger partial charge is 0.0737 e. The molecule has 3 rings (SSSR count). The molecule has 0 aliphatic carbocycles. The van der Waals surface area contributed by atoms with Gasteiger partial charge < -0.3 is 5.32 Å². The Bertz CT molecular complexity index is 744. The van der Waals surface area contributed by atoms with Crippen molar-refractivity contribution in [3.8, 4) is 0 Å². The minimum absolute atomic E-state index is 0.686. The van der Waals surface area contributed by atoms with Crippen molar-refractivity contribution in [3.05, 3.63) is 59.8 Å². The highest BCUT2D eigenvalue weighted by Crippen LogP contribution is 2.28. The van der Waals surface area contributed by atoms with E-state index in [9.17, 15) is 0 Å². The summed E-state index contributed by atoms with van der Waals surface area (Å²) in [6.07, 6.45) is 1.77. The van der Waals surface area contributed by atoms with Gasteiger partial charge in [-0.1, -0.05) is 11.6 Å². The van der Waals surface area contributed by atoms with Crippen LogP contribution in [0.25, 0.3) is 10.9 Å². The molecule has 0 unspecified atom stereocenters.